The van der Waals surface area contributed by atoms with Gasteiger partial charge in [-0.25, -0.2) is 0 Å². The molecule has 1 N–H and O–H groups in total. The van der Waals surface area contributed by atoms with Crippen LogP contribution in [0.25, 0.3) is 0 Å². The number of esters is 1. The SMILES string of the molecule is CCOC(=O)C1(C(O)C2CCC(OC)CC2)CCC(OC)CC1. The van der Waals surface area contributed by atoms with Crippen LogP contribution >= 0.6 is 0 Å². The smallest absolute Gasteiger partial charge is 0.314 e. The molecule has 0 bridgehead atoms. The van der Waals surface area contributed by atoms with Crippen LogP contribution in [-0.4, -0.2) is 50.2 Å². The van der Waals surface area contributed by atoms with Crippen LogP contribution in [0.15, 0.2) is 0 Å². The molecule has 2 rings (SSSR count). The van der Waals surface area contributed by atoms with Crippen molar-refractivity contribution in [1.29, 1.82) is 0 Å². The molecule has 2 aliphatic carbocycles. The first-order valence-electron chi connectivity index (χ1n) is 8.98. The van der Waals surface area contributed by atoms with Crippen LogP contribution in [-0.2, 0) is 19.0 Å². The minimum Gasteiger partial charge on any atom is -0.465 e. The number of rotatable bonds is 6. The van der Waals surface area contributed by atoms with Crippen molar-refractivity contribution in [3.05, 3.63) is 0 Å². The van der Waals surface area contributed by atoms with Crippen LogP contribution in [0.1, 0.15) is 58.3 Å². The second-order valence-electron chi connectivity index (χ2n) is 7.03. The lowest BCUT2D eigenvalue weighted by Crippen LogP contribution is -2.51. The Balaban J connectivity index is 2.09. The molecular formula is C18H32O5. The van der Waals surface area contributed by atoms with E-state index in [0.717, 1.165) is 38.5 Å². The van der Waals surface area contributed by atoms with E-state index in [1.807, 2.05) is 6.92 Å². The van der Waals surface area contributed by atoms with Gasteiger partial charge in [-0.3, -0.25) is 4.79 Å². The van der Waals surface area contributed by atoms with Gasteiger partial charge in [0.25, 0.3) is 0 Å². The van der Waals surface area contributed by atoms with E-state index >= 15 is 0 Å². The highest BCUT2D eigenvalue weighted by molar-refractivity contribution is 5.78. The summed E-state index contributed by atoms with van der Waals surface area (Å²) in [5.41, 5.74) is -0.754. The molecule has 1 atom stereocenters. The summed E-state index contributed by atoms with van der Waals surface area (Å²) in [5.74, 6) is -0.0687. The zero-order valence-electron chi connectivity index (χ0n) is 14.8. The quantitative estimate of drug-likeness (QED) is 0.760. The van der Waals surface area contributed by atoms with E-state index in [4.69, 9.17) is 14.2 Å². The van der Waals surface area contributed by atoms with Gasteiger partial charge in [-0.2, -0.15) is 0 Å². The Morgan fingerprint density at radius 3 is 2.04 bits per heavy atom. The van der Waals surface area contributed by atoms with Crippen molar-refractivity contribution >= 4 is 5.97 Å². The maximum absolute atomic E-state index is 12.7. The Morgan fingerprint density at radius 1 is 1.04 bits per heavy atom. The predicted octanol–water partition coefficient (Wildman–Crippen LogP) is 2.69. The third-order valence-electron chi connectivity index (χ3n) is 5.91. The maximum Gasteiger partial charge on any atom is 0.314 e. The van der Waals surface area contributed by atoms with E-state index in [0.29, 0.717) is 25.6 Å². The van der Waals surface area contributed by atoms with Crippen molar-refractivity contribution < 1.29 is 24.1 Å². The Bertz CT molecular complexity index is 368. The van der Waals surface area contributed by atoms with Gasteiger partial charge in [0.15, 0.2) is 0 Å². The topological polar surface area (TPSA) is 65.0 Å². The van der Waals surface area contributed by atoms with E-state index in [-0.39, 0.29) is 18.0 Å². The summed E-state index contributed by atoms with van der Waals surface area (Å²) in [4.78, 5) is 12.7. The molecule has 5 nitrogen and oxygen atoms in total. The number of hydrogen-bond donors (Lipinski definition) is 1. The van der Waals surface area contributed by atoms with Gasteiger partial charge in [0.05, 0.1) is 30.3 Å². The van der Waals surface area contributed by atoms with Gasteiger partial charge in [0.2, 0.25) is 0 Å². The Kier molecular flexibility index (Phi) is 6.86. The molecule has 5 heteroatoms. The summed E-state index contributed by atoms with van der Waals surface area (Å²) in [6, 6.07) is 0. The summed E-state index contributed by atoms with van der Waals surface area (Å²) >= 11 is 0. The molecule has 1 unspecified atom stereocenters. The molecule has 0 aromatic rings. The third-order valence-corrected chi connectivity index (χ3v) is 5.91. The van der Waals surface area contributed by atoms with Gasteiger partial charge >= 0.3 is 5.97 Å². The highest BCUT2D eigenvalue weighted by Crippen LogP contribution is 2.46. The van der Waals surface area contributed by atoms with Crippen molar-refractivity contribution in [2.45, 2.75) is 76.6 Å². The normalized spacial score (nSPS) is 36.4. The molecular weight excluding hydrogens is 296 g/mol. The average Bonchev–Trinajstić information content (AvgIpc) is 2.61. The van der Waals surface area contributed by atoms with Crippen LogP contribution in [0.3, 0.4) is 0 Å². The van der Waals surface area contributed by atoms with E-state index in [9.17, 15) is 9.90 Å². The number of hydrogen-bond acceptors (Lipinski definition) is 5. The van der Waals surface area contributed by atoms with Crippen molar-refractivity contribution in [2.75, 3.05) is 20.8 Å². The van der Waals surface area contributed by atoms with Crippen LogP contribution in [0, 0.1) is 11.3 Å². The molecule has 23 heavy (non-hydrogen) atoms. The molecule has 0 amide bonds. The monoisotopic (exact) mass is 328 g/mol. The molecule has 0 aliphatic heterocycles. The second-order valence-corrected chi connectivity index (χ2v) is 7.03. The Labute approximate surface area is 139 Å². The molecule has 134 valence electrons. The summed E-state index contributed by atoms with van der Waals surface area (Å²) in [7, 11) is 3.46. The van der Waals surface area contributed by atoms with Gasteiger partial charge in [0, 0.05) is 14.2 Å². The molecule has 0 radical (unpaired) electrons. The van der Waals surface area contributed by atoms with Gasteiger partial charge in [-0.05, 0) is 64.2 Å². The summed E-state index contributed by atoms with van der Waals surface area (Å²) in [6.07, 6.45) is 6.50. The molecule has 0 saturated heterocycles. The molecule has 0 spiro atoms. The minimum atomic E-state index is -0.754. The van der Waals surface area contributed by atoms with Gasteiger partial charge in [-0.15, -0.1) is 0 Å². The fraction of sp³-hybridized carbons (Fsp3) is 0.944. The van der Waals surface area contributed by atoms with E-state index in [1.165, 1.54) is 0 Å². The van der Waals surface area contributed by atoms with Crippen LogP contribution in [0.4, 0.5) is 0 Å². The first-order chi connectivity index (χ1) is 11.1. The third kappa shape index (κ3) is 4.06. The number of carbonyl (C=O) groups excluding carboxylic acids is 1. The predicted molar refractivity (Wildman–Crippen MR) is 87.1 cm³/mol. The second kappa shape index (κ2) is 8.45. The lowest BCUT2D eigenvalue weighted by molar-refractivity contribution is -0.174. The van der Waals surface area contributed by atoms with Crippen molar-refractivity contribution in [2.24, 2.45) is 11.3 Å². The largest absolute Gasteiger partial charge is 0.465 e. The first kappa shape index (κ1) is 18.7. The zero-order chi connectivity index (χ0) is 16.9. The fourth-order valence-corrected chi connectivity index (χ4v) is 4.33. The Hall–Kier alpha value is -0.650. The van der Waals surface area contributed by atoms with Crippen LogP contribution in [0.2, 0.25) is 0 Å². The summed E-state index contributed by atoms with van der Waals surface area (Å²) in [5, 5.41) is 11.1. The first-order valence-corrected chi connectivity index (χ1v) is 8.98. The molecule has 2 aliphatic rings. The van der Waals surface area contributed by atoms with Crippen LogP contribution in [0.5, 0.6) is 0 Å². The summed E-state index contributed by atoms with van der Waals surface area (Å²) < 4.78 is 16.2. The lowest BCUT2D eigenvalue weighted by Gasteiger charge is -2.44. The molecule has 0 aromatic carbocycles. The van der Waals surface area contributed by atoms with E-state index in [1.54, 1.807) is 14.2 Å². The number of carbonyl (C=O) groups is 1. The minimum absolute atomic E-state index is 0.157. The van der Waals surface area contributed by atoms with Crippen molar-refractivity contribution in [1.82, 2.24) is 0 Å². The standard InChI is InChI=1S/C18H32O5/c1-4-23-17(20)18(11-9-15(22-3)10-12-18)16(19)13-5-7-14(21-2)8-6-13/h13-16,19H,4-12H2,1-3H3. The number of aliphatic hydroxyl groups excluding tert-OH is 1. The zero-order valence-corrected chi connectivity index (χ0v) is 14.8. The molecule has 0 heterocycles. The average molecular weight is 328 g/mol. The van der Waals surface area contributed by atoms with Crippen LogP contribution < -0.4 is 0 Å². The van der Waals surface area contributed by atoms with Gasteiger partial charge < -0.3 is 19.3 Å². The van der Waals surface area contributed by atoms with Crippen molar-refractivity contribution in [3.8, 4) is 0 Å². The molecule has 0 aromatic heterocycles. The van der Waals surface area contributed by atoms with E-state index < -0.39 is 11.5 Å². The number of methoxy groups -OCH3 is 2. The fourth-order valence-electron chi connectivity index (χ4n) is 4.33. The highest BCUT2D eigenvalue weighted by Gasteiger charge is 2.51. The van der Waals surface area contributed by atoms with Crippen molar-refractivity contribution in [3.63, 3.8) is 0 Å². The molecule has 2 saturated carbocycles. The van der Waals surface area contributed by atoms with E-state index in [2.05, 4.69) is 0 Å². The number of ether oxygens (including phenoxy) is 3. The Morgan fingerprint density at radius 2 is 1.57 bits per heavy atom. The maximum atomic E-state index is 12.7. The number of aliphatic hydroxyl groups is 1. The summed E-state index contributed by atoms with van der Waals surface area (Å²) in [6.45, 7) is 2.18. The van der Waals surface area contributed by atoms with Gasteiger partial charge in [0.1, 0.15) is 0 Å². The molecule has 2 fully saturated rings. The van der Waals surface area contributed by atoms with Gasteiger partial charge in [-0.1, -0.05) is 0 Å². The lowest BCUT2D eigenvalue weighted by atomic mass is 9.64. The highest BCUT2D eigenvalue weighted by atomic mass is 16.5.